The largest absolute Gasteiger partial charge is 0.497 e. The van der Waals surface area contributed by atoms with E-state index in [1.54, 1.807) is 19.2 Å². The number of fused-ring (bicyclic) bond motifs is 3. The second kappa shape index (κ2) is 10.7. The Morgan fingerprint density at radius 2 is 1.70 bits per heavy atom. The molecule has 0 bridgehead atoms. The molecular weight excluding hydrogens is 511 g/mol. The smallest absolute Gasteiger partial charge is 0.312 e. The molecule has 1 aliphatic rings. The zero-order chi connectivity index (χ0) is 27.6. The summed E-state index contributed by atoms with van der Waals surface area (Å²) in [6.45, 7) is 0.430. The standard InChI is InChI=1S/C33H25FO6/c1-37-23-12-6-20(7-13-23)16-17-38-28-5-3-2-4-24(28)26-18-30(35)40-29-15-14-25-32(36)27(19-39-33(25)31(26)29)21-8-10-22(34)11-9-21/h2-15,19,26H,16-18H2,1H3/t26-/m1/s1. The van der Waals surface area contributed by atoms with Gasteiger partial charge in [0.1, 0.15) is 34.9 Å². The van der Waals surface area contributed by atoms with Crippen LogP contribution in [-0.2, 0) is 11.2 Å². The number of esters is 1. The number of hydrogen-bond acceptors (Lipinski definition) is 6. The summed E-state index contributed by atoms with van der Waals surface area (Å²) in [5, 5.41) is 0.349. The molecule has 0 aliphatic carbocycles. The Kier molecular flexibility index (Phi) is 6.78. The van der Waals surface area contributed by atoms with Gasteiger partial charge >= 0.3 is 5.97 Å². The van der Waals surface area contributed by atoms with E-state index in [-0.39, 0.29) is 17.8 Å². The van der Waals surface area contributed by atoms with Gasteiger partial charge in [-0.2, -0.15) is 0 Å². The van der Waals surface area contributed by atoms with E-state index in [1.165, 1.54) is 30.5 Å². The minimum Gasteiger partial charge on any atom is -0.497 e. The maximum absolute atomic E-state index is 13.5. The highest BCUT2D eigenvalue weighted by Gasteiger charge is 2.33. The fourth-order valence-electron chi connectivity index (χ4n) is 5.12. The molecule has 0 spiro atoms. The van der Waals surface area contributed by atoms with E-state index in [0.29, 0.717) is 52.2 Å². The Hall–Kier alpha value is -4.91. The van der Waals surface area contributed by atoms with Crippen molar-refractivity contribution in [1.29, 1.82) is 0 Å². The molecule has 0 saturated heterocycles. The molecule has 0 unspecified atom stereocenters. The molecule has 6 rings (SSSR count). The summed E-state index contributed by atoms with van der Waals surface area (Å²) in [5.74, 6) is 0.564. The molecule has 1 aromatic heterocycles. The highest BCUT2D eigenvalue weighted by Crippen LogP contribution is 2.45. The van der Waals surface area contributed by atoms with E-state index in [1.807, 2.05) is 48.5 Å². The Morgan fingerprint density at radius 1 is 0.925 bits per heavy atom. The van der Waals surface area contributed by atoms with E-state index in [4.69, 9.17) is 18.6 Å². The lowest BCUT2D eigenvalue weighted by molar-refractivity contribution is -0.135. The maximum Gasteiger partial charge on any atom is 0.312 e. The Morgan fingerprint density at radius 3 is 2.48 bits per heavy atom. The third kappa shape index (κ3) is 4.82. The van der Waals surface area contributed by atoms with Gasteiger partial charge in [-0.05, 0) is 53.6 Å². The number of ether oxygens (including phenoxy) is 3. The first kappa shape index (κ1) is 25.4. The molecule has 0 fully saturated rings. The summed E-state index contributed by atoms with van der Waals surface area (Å²) in [4.78, 5) is 26.1. The van der Waals surface area contributed by atoms with Gasteiger partial charge < -0.3 is 18.6 Å². The molecule has 4 aromatic carbocycles. The summed E-state index contributed by atoms with van der Waals surface area (Å²) in [5.41, 5.74) is 3.48. The second-order valence-electron chi connectivity index (χ2n) is 9.55. The number of para-hydroxylation sites is 1. The van der Waals surface area contributed by atoms with Crippen molar-refractivity contribution in [2.24, 2.45) is 0 Å². The number of halogens is 1. The summed E-state index contributed by atoms with van der Waals surface area (Å²) in [6.07, 6.45) is 2.13. The van der Waals surface area contributed by atoms with E-state index in [2.05, 4.69) is 0 Å². The Labute approximate surface area is 229 Å². The summed E-state index contributed by atoms with van der Waals surface area (Å²) >= 11 is 0. The van der Waals surface area contributed by atoms with Crippen LogP contribution >= 0.6 is 0 Å². The van der Waals surface area contributed by atoms with Crippen LogP contribution in [0.25, 0.3) is 22.1 Å². The summed E-state index contributed by atoms with van der Waals surface area (Å²) in [6, 6.07) is 24.3. The van der Waals surface area contributed by atoms with Crippen LogP contribution in [-0.4, -0.2) is 19.7 Å². The van der Waals surface area contributed by atoms with Crippen molar-refractivity contribution in [2.45, 2.75) is 18.8 Å². The van der Waals surface area contributed by atoms with Gasteiger partial charge in [-0.1, -0.05) is 42.5 Å². The fourth-order valence-corrected chi connectivity index (χ4v) is 5.12. The molecule has 2 heterocycles. The van der Waals surface area contributed by atoms with Crippen molar-refractivity contribution in [1.82, 2.24) is 0 Å². The van der Waals surface area contributed by atoms with Crippen LogP contribution in [0.3, 0.4) is 0 Å². The molecule has 5 aromatic rings. The molecule has 0 amide bonds. The van der Waals surface area contributed by atoms with Crippen molar-refractivity contribution in [2.75, 3.05) is 13.7 Å². The first-order valence-corrected chi connectivity index (χ1v) is 12.9. The van der Waals surface area contributed by atoms with Gasteiger partial charge in [-0.3, -0.25) is 9.59 Å². The number of methoxy groups -OCH3 is 1. The molecule has 0 saturated carbocycles. The van der Waals surface area contributed by atoms with E-state index in [9.17, 15) is 14.0 Å². The van der Waals surface area contributed by atoms with Crippen LogP contribution in [0.2, 0.25) is 0 Å². The molecule has 0 radical (unpaired) electrons. The van der Waals surface area contributed by atoms with Crippen molar-refractivity contribution in [3.05, 3.63) is 124 Å². The molecular formula is C33H25FO6. The minimum absolute atomic E-state index is 0.0639. The minimum atomic E-state index is -0.447. The lowest BCUT2D eigenvalue weighted by atomic mass is 9.84. The van der Waals surface area contributed by atoms with Gasteiger partial charge in [0.25, 0.3) is 0 Å². The second-order valence-corrected chi connectivity index (χ2v) is 9.55. The van der Waals surface area contributed by atoms with Crippen molar-refractivity contribution >= 4 is 16.9 Å². The summed E-state index contributed by atoms with van der Waals surface area (Å²) in [7, 11) is 1.63. The monoisotopic (exact) mass is 536 g/mol. The maximum atomic E-state index is 13.5. The van der Waals surface area contributed by atoms with Gasteiger partial charge in [0.15, 0.2) is 0 Å². The van der Waals surface area contributed by atoms with Crippen LogP contribution in [0.5, 0.6) is 17.2 Å². The number of rotatable bonds is 7. The fraction of sp³-hybridized carbons (Fsp3) is 0.152. The number of benzene rings is 4. The van der Waals surface area contributed by atoms with Gasteiger partial charge in [-0.15, -0.1) is 0 Å². The molecule has 0 N–H and O–H groups in total. The highest BCUT2D eigenvalue weighted by atomic mass is 19.1. The average molecular weight is 537 g/mol. The third-order valence-corrected chi connectivity index (χ3v) is 7.14. The lowest BCUT2D eigenvalue weighted by Gasteiger charge is -2.27. The highest BCUT2D eigenvalue weighted by molar-refractivity contribution is 5.90. The molecule has 1 aliphatic heterocycles. The van der Waals surface area contributed by atoms with Crippen molar-refractivity contribution in [3.63, 3.8) is 0 Å². The molecule has 200 valence electrons. The van der Waals surface area contributed by atoms with Gasteiger partial charge in [-0.25, -0.2) is 4.39 Å². The Balaban J connectivity index is 1.36. The van der Waals surface area contributed by atoms with Crippen LogP contribution in [0, 0.1) is 5.82 Å². The third-order valence-electron chi connectivity index (χ3n) is 7.14. The van der Waals surface area contributed by atoms with E-state index < -0.39 is 11.7 Å². The van der Waals surface area contributed by atoms with Crippen LogP contribution < -0.4 is 19.6 Å². The molecule has 1 atom stereocenters. The van der Waals surface area contributed by atoms with Crippen LogP contribution in [0.4, 0.5) is 4.39 Å². The Bertz CT molecular complexity index is 1760. The molecule has 7 heteroatoms. The van der Waals surface area contributed by atoms with Crippen LogP contribution in [0.15, 0.2) is 100 Å². The van der Waals surface area contributed by atoms with Crippen molar-refractivity contribution < 1.29 is 27.8 Å². The predicted molar refractivity (Wildman–Crippen MR) is 149 cm³/mol. The first-order chi connectivity index (χ1) is 19.5. The number of carbonyl (C=O) groups excluding carboxylic acids is 1. The van der Waals surface area contributed by atoms with E-state index >= 15 is 0 Å². The number of carbonyl (C=O) groups is 1. The van der Waals surface area contributed by atoms with E-state index in [0.717, 1.165) is 16.9 Å². The zero-order valence-electron chi connectivity index (χ0n) is 21.7. The SMILES string of the molecule is COc1ccc(CCOc2ccccc2[C@H]2CC(=O)Oc3ccc4c(=O)c(-c5ccc(F)cc5)coc4c32)cc1. The predicted octanol–water partition coefficient (Wildman–Crippen LogP) is 6.67. The number of hydrogen-bond donors (Lipinski definition) is 0. The quantitative estimate of drug-likeness (QED) is 0.171. The summed E-state index contributed by atoms with van der Waals surface area (Å²) < 4.78 is 36.5. The first-order valence-electron chi connectivity index (χ1n) is 12.9. The lowest BCUT2D eigenvalue weighted by Crippen LogP contribution is -2.22. The molecule has 40 heavy (non-hydrogen) atoms. The van der Waals surface area contributed by atoms with Crippen LogP contribution in [0.1, 0.15) is 29.0 Å². The van der Waals surface area contributed by atoms with Crippen molar-refractivity contribution in [3.8, 4) is 28.4 Å². The van der Waals surface area contributed by atoms with Gasteiger partial charge in [0.05, 0.1) is 31.1 Å². The molecule has 6 nitrogen and oxygen atoms in total. The zero-order valence-corrected chi connectivity index (χ0v) is 21.7. The average Bonchev–Trinajstić information content (AvgIpc) is 2.98. The van der Waals surface area contributed by atoms with Gasteiger partial charge in [0.2, 0.25) is 5.43 Å². The van der Waals surface area contributed by atoms with Gasteiger partial charge in [0, 0.05) is 23.5 Å². The topological polar surface area (TPSA) is 75.0 Å². The normalized spacial score (nSPS) is 14.4.